The molecule has 1 aromatic rings. The highest BCUT2D eigenvalue weighted by Crippen LogP contribution is 2.39. The van der Waals surface area contributed by atoms with Crippen LogP contribution >= 0.6 is 15.9 Å². The summed E-state index contributed by atoms with van der Waals surface area (Å²) in [6.45, 7) is 7.87. The number of halogens is 1. The summed E-state index contributed by atoms with van der Waals surface area (Å²) in [7, 11) is 0. The Hall–Kier alpha value is -0.340. The molecule has 0 radical (unpaired) electrons. The predicted molar refractivity (Wildman–Crippen MR) is 81.8 cm³/mol. The van der Waals surface area contributed by atoms with E-state index < -0.39 is 0 Å². The van der Waals surface area contributed by atoms with E-state index in [-0.39, 0.29) is 5.54 Å². The van der Waals surface area contributed by atoms with Crippen molar-refractivity contribution in [2.24, 2.45) is 11.8 Å². The maximum atomic E-state index is 3.67. The Morgan fingerprint density at radius 1 is 1.28 bits per heavy atom. The average Bonchev–Trinajstić information content (AvgIpc) is 3.09. The molecule has 1 aromatic carbocycles. The molecule has 1 saturated carbocycles. The molecule has 0 heterocycles. The molecule has 0 spiro atoms. The van der Waals surface area contributed by atoms with Crippen LogP contribution in [0, 0.1) is 11.8 Å². The Morgan fingerprint density at radius 2 is 1.94 bits per heavy atom. The molecular weight excluding hydrogens is 286 g/mol. The smallest absolute Gasteiger partial charge is 0.0207 e. The van der Waals surface area contributed by atoms with Gasteiger partial charge in [0.15, 0.2) is 0 Å². The van der Waals surface area contributed by atoms with Crippen molar-refractivity contribution in [2.75, 3.05) is 6.54 Å². The summed E-state index contributed by atoms with van der Waals surface area (Å²) < 4.78 is 1.26. The van der Waals surface area contributed by atoms with Crippen LogP contribution in [0.2, 0.25) is 0 Å². The van der Waals surface area contributed by atoms with E-state index in [1.165, 1.54) is 29.3 Å². The molecule has 100 valence electrons. The zero-order valence-electron chi connectivity index (χ0n) is 11.7. The third kappa shape index (κ3) is 4.40. The molecule has 0 bridgehead atoms. The second-order valence-corrected chi connectivity index (χ2v) is 7.38. The van der Waals surface area contributed by atoms with Gasteiger partial charge in [0.2, 0.25) is 0 Å². The minimum atomic E-state index is 0.223. The first-order valence-electron chi connectivity index (χ1n) is 6.94. The molecule has 1 unspecified atom stereocenters. The van der Waals surface area contributed by atoms with Gasteiger partial charge in [0.05, 0.1) is 0 Å². The van der Waals surface area contributed by atoms with Crippen LogP contribution in [0.15, 0.2) is 28.7 Å². The van der Waals surface area contributed by atoms with Crippen LogP contribution in [0.25, 0.3) is 0 Å². The normalized spacial score (nSPS) is 17.8. The minimum Gasteiger partial charge on any atom is -0.312 e. The van der Waals surface area contributed by atoms with Gasteiger partial charge in [0.1, 0.15) is 0 Å². The lowest BCUT2D eigenvalue weighted by Crippen LogP contribution is -2.40. The molecule has 1 fully saturated rings. The highest BCUT2D eigenvalue weighted by molar-refractivity contribution is 9.10. The molecule has 0 aromatic heterocycles. The predicted octanol–water partition coefficient (Wildman–Crippen LogP) is 4.41. The number of benzene rings is 1. The molecule has 0 amide bonds. The van der Waals surface area contributed by atoms with Crippen LogP contribution < -0.4 is 5.32 Å². The van der Waals surface area contributed by atoms with E-state index >= 15 is 0 Å². The van der Waals surface area contributed by atoms with E-state index in [2.05, 4.69) is 66.3 Å². The van der Waals surface area contributed by atoms with Gasteiger partial charge >= 0.3 is 0 Å². The molecule has 1 nitrogen and oxygen atoms in total. The number of nitrogens with one attached hydrogen (secondary N) is 1. The molecule has 2 heteroatoms. The van der Waals surface area contributed by atoms with Gasteiger partial charge in [-0.3, -0.25) is 0 Å². The topological polar surface area (TPSA) is 12.0 Å². The fourth-order valence-corrected chi connectivity index (χ4v) is 2.80. The van der Waals surface area contributed by atoms with Gasteiger partial charge in [-0.25, -0.2) is 0 Å². The van der Waals surface area contributed by atoms with Crippen LogP contribution in [-0.4, -0.2) is 12.1 Å². The van der Waals surface area contributed by atoms with E-state index in [0.29, 0.717) is 0 Å². The molecule has 0 saturated heterocycles. The van der Waals surface area contributed by atoms with Crippen molar-refractivity contribution < 1.29 is 0 Å². The van der Waals surface area contributed by atoms with Crippen LogP contribution in [0.5, 0.6) is 0 Å². The third-order valence-corrected chi connectivity index (χ3v) is 4.40. The molecule has 1 N–H and O–H groups in total. The quantitative estimate of drug-likeness (QED) is 0.849. The van der Waals surface area contributed by atoms with Crippen molar-refractivity contribution in [3.8, 4) is 0 Å². The van der Waals surface area contributed by atoms with E-state index in [9.17, 15) is 0 Å². The van der Waals surface area contributed by atoms with Gasteiger partial charge in [-0.1, -0.05) is 34.1 Å². The minimum absolute atomic E-state index is 0.223. The van der Waals surface area contributed by atoms with Crippen molar-refractivity contribution in [2.45, 2.75) is 45.6 Å². The SMILES string of the molecule is CC(C)(C)NCC(Cc1ccccc1Br)C1CC1. The first-order chi connectivity index (χ1) is 8.46. The second kappa shape index (κ2) is 5.75. The van der Waals surface area contributed by atoms with Crippen molar-refractivity contribution in [1.29, 1.82) is 0 Å². The summed E-state index contributed by atoms with van der Waals surface area (Å²) in [4.78, 5) is 0. The summed E-state index contributed by atoms with van der Waals surface area (Å²) in [5.74, 6) is 1.72. The average molecular weight is 310 g/mol. The van der Waals surface area contributed by atoms with Crippen molar-refractivity contribution >= 4 is 15.9 Å². The van der Waals surface area contributed by atoms with Crippen molar-refractivity contribution in [1.82, 2.24) is 5.32 Å². The fraction of sp³-hybridized carbons (Fsp3) is 0.625. The first kappa shape index (κ1) is 14.1. The van der Waals surface area contributed by atoms with Gasteiger partial charge < -0.3 is 5.32 Å². The molecule has 1 atom stereocenters. The monoisotopic (exact) mass is 309 g/mol. The molecule has 2 rings (SSSR count). The zero-order valence-corrected chi connectivity index (χ0v) is 13.3. The Balaban J connectivity index is 1.96. The Bertz CT molecular complexity index is 390. The van der Waals surface area contributed by atoms with Crippen LogP contribution in [-0.2, 0) is 6.42 Å². The molecule has 18 heavy (non-hydrogen) atoms. The fourth-order valence-electron chi connectivity index (χ4n) is 2.36. The van der Waals surface area contributed by atoms with Gasteiger partial charge in [-0.2, -0.15) is 0 Å². The van der Waals surface area contributed by atoms with Gasteiger partial charge in [-0.05, 0) is 70.0 Å². The molecule has 0 aliphatic heterocycles. The van der Waals surface area contributed by atoms with Crippen molar-refractivity contribution in [3.05, 3.63) is 34.3 Å². The van der Waals surface area contributed by atoms with E-state index in [1.807, 2.05) is 0 Å². The molecule has 1 aliphatic carbocycles. The van der Waals surface area contributed by atoms with E-state index in [1.54, 1.807) is 0 Å². The zero-order chi connectivity index (χ0) is 13.2. The summed E-state index contributed by atoms with van der Waals surface area (Å²) in [6, 6.07) is 8.63. The maximum absolute atomic E-state index is 3.67. The highest BCUT2D eigenvalue weighted by Gasteiger charge is 2.31. The third-order valence-electron chi connectivity index (χ3n) is 3.62. The summed E-state index contributed by atoms with van der Waals surface area (Å²) >= 11 is 3.66. The molecular formula is C16H24BrN. The van der Waals surface area contributed by atoms with Gasteiger partial charge in [0.25, 0.3) is 0 Å². The summed E-state index contributed by atoms with van der Waals surface area (Å²) in [6.07, 6.45) is 4.02. The Morgan fingerprint density at radius 3 is 2.50 bits per heavy atom. The Kier molecular flexibility index (Phi) is 4.50. The lowest BCUT2D eigenvalue weighted by atomic mass is 9.93. The van der Waals surface area contributed by atoms with Crippen LogP contribution in [0.4, 0.5) is 0 Å². The Labute approximate surface area is 119 Å². The lowest BCUT2D eigenvalue weighted by molar-refractivity contribution is 0.346. The van der Waals surface area contributed by atoms with E-state index in [0.717, 1.165) is 18.4 Å². The van der Waals surface area contributed by atoms with Crippen molar-refractivity contribution in [3.63, 3.8) is 0 Å². The summed E-state index contributed by atoms with van der Waals surface area (Å²) in [5.41, 5.74) is 1.67. The van der Waals surface area contributed by atoms with Crippen LogP contribution in [0.3, 0.4) is 0 Å². The van der Waals surface area contributed by atoms with Gasteiger partial charge in [0, 0.05) is 10.0 Å². The van der Waals surface area contributed by atoms with Crippen LogP contribution in [0.1, 0.15) is 39.2 Å². The highest BCUT2D eigenvalue weighted by atomic mass is 79.9. The number of hydrogen-bond acceptors (Lipinski definition) is 1. The maximum Gasteiger partial charge on any atom is 0.0207 e. The lowest BCUT2D eigenvalue weighted by Gasteiger charge is -2.25. The number of rotatable bonds is 5. The molecule has 1 aliphatic rings. The number of hydrogen-bond donors (Lipinski definition) is 1. The van der Waals surface area contributed by atoms with E-state index in [4.69, 9.17) is 0 Å². The second-order valence-electron chi connectivity index (χ2n) is 6.52. The first-order valence-corrected chi connectivity index (χ1v) is 7.73. The summed E-state index contributed by atoms with van der Waals surface area (Å²) in [5, 5.41) is 3.67. The standard InChI is InChI=1S/C16H24BrN/c1-16(2,3)18-11-14(12-8-9-12)10-13-6-4-5-7-15(13)17/h4-7,12,14,18H,8-11H2,1-3H3. The largest absolute Gasteiger partial charge is 0.312 e. The van der Waals surface area contributed by atoms with Gasteiger partial charge in [-0.15, -0.1) is 0 Å².